The highest BCUT2D eigenvalue weighted by Gasteiger charge is 2.10. The zero-order valence-electron chi connectivity index (χ0n) is 7.74. The number of benzene rings is 1. The van der Waals surface area contributed by atoms with Crippen LogP contribution in [0.2, 0.25) is 0 Å². The molecule has 0 fully saturated rings. The molecule has 0 heterocycles. The topological polar surface area (TPSA) is 46.2 Å². The molecule has 0 saturated carbocycles. The molecule has 1 aromatic carbocycles. The Morgan fingerprint density at radius 3 is 2.62 bits per heavy atom. The van der Waals surface area contributed by atoms with Crippen LogP contribution in [0.25, 0.3) is 0 Å². The predicted octanol–water partition coefficient (Wildman–Crippen LogP) is 1.52. The van der Waals surface area contributed by atoms with Crippen LogP contribution in [0.3, 0.4) is 0 Å². The largest absolute Gasteiger partial charge is 0.388 e. The maximum Gasteiger partial charge on any atom is 0.178 e. The van der Waals surface area contributed by atoms with Crippen molar-refractivity contribution in [2.24, 2.45) is 0 Å². The molecule has 0 aliphatic heterocycles. The van der Waals surface area contributed by atoms with E-state index in [2.05, 4.69) is 5.32 Å². The molecule has 3 nitrogen and oxygen atoms in total. The summed E-state index contributed by atoms with van der Waals surface area (Å²) in [5, 5.41) is 2.90. The van der Waals surface area contributed by atoms with E-state index in [9.17, 15) is 8.42 Å². The Bertz CT molecular complexity index is 384. The fourth-order valence-electron chi connectivity index (χ4n) is 1.01. The Balaban J connectivity index is 3.17. The minimum Gasteiger partial charge on any atom is -0.388 e. The van der Waals surface area contributed by atoms with Crippen molar-refractivity contribution >= 4 is 15.5 Å². The van der Waals surface area contributed by atoms with Crippen molar-refractivity contribution in [3.05, 3.63) is 24.3 Å². The average Bonchev–Trinajstić information content (AvgIpc) is 2.18. The zero-order valence-corrected chi connectivity index (χ0v) is 8.56. The number of rotatable bonds is 3. The third-order valence-corrected chi connectivity index (χ3v) is 3.59. The quantitative estimate of drug-likeness (QED) is 0.802. The van der Waals surface area contributed by atoms with Gasteiger partial charge < -0.3 is 5.32 Å². The van der Waals surface area contributed by atoms with Crippen LogP contribution >= 0.6 is 0 Å². The number of hydrogen-bond acceptors (Lipinski definition) is 3. The van der Waals surface area contributed by atoms with E-state index in [1.54, 1.807) is 32.2 Å². The highest BCUT2D eigenvalue weighted by molar-refractivity contribution is 7.91. The van der Waals surface area contributed by atoms with Gasteiger partial charge in [0.15, 0.2) is 9.84 Å². The zero-order chi connectivity index (χ0) is 9.90. The molecular formula is C9H13NO2S. The van der Waals surface area contributed by atoms with E-state index in [4.69, 9.17) is 0 Å². The van der Waals surface area contributed by atoms with E-state index >= 15 is 0 Å². The van der Waals surface area contributed by atoms with Gasteiger partial charge in [0.1, 0.15) is 0 Å². The van der Waals surface area contributed by atoms with Crippen molar-refractivity contribution in [1.82, 2.24) is 0 Å². The molecule has 4 heteroatoms. The van der Waals surface area contributed by atoms with E-state index in [1.807, 2.05) is 6.07 Å². The summed E-state index contributed by atoms with van der Waals surface area (Å²) in [5.74, 6) is 0.139. The van der Waals surface area contributed by atoms with Crippen molar-refractivity contribution in [2.45, 2.75) is 11.8 Å². The molecule has 1 rings (SSSR count). The molecule has 0 aromatic heterocycles. The van der Waals surface area contributed by atoms with Gasteiger partial charge in [-0.2, -0.15) is 0 Å². The normalized spacial score (nSPS) is 11.2. The van der Waals surface area contributed by atoms with Crippen LogP contribution in [0.4, 0.5) is 5.69 Å². The third kappa shape index (κ3) is 2.21. The molecule has 0 radical (unpaired) electrons. The maximum absolute atomic E-state index is 11.4. The Morgan fingerprint density at radius 1 is 1.38 bits per heavy atom. The van der Waals surface area contributed by atoms with Crippen LogP contribution in [0, 0.1) is 0 Å². The minimum absolute atomic E-state index is 0.139. The monoisotopic (exact) mass is 199 g/mol. The van der Waals surface area contributed by atoms with E-state index in [0.717, 1.165) is 5.69 Å². The Labute approximate surface area is 78.7 Å². The molecule has 72 valence electrons. The van der Waals surface area contributed by atoms with Gasteiger partial charge in [-0.3, -0.25) is 0 Å². The van der Waals surface area contributed by atoms with Crippen molar-refractivity contribution in [2.75, 3.05) is 18.1 Å². The SMILES string of the molecule is CCS(=O)(=O)c1cccc(NC)c1. The highest BCUT2D eigenvalue weighted by atomic mass is 32.2. The third-order valence-electron chi connectivity index (χ3n) is 1.86. The van der Waals surface area contributed by atoms with Crippen molar-refractivity contribution in [1.29, 1.82) is 0 Å². The lowest BCUT2D eigenvalue weighted by Gasteiger charge is -2.03. The molecule has 0 saturated heterocycles. The lowest BCUT2D eigenvalue weighted by atomic mass is 10.3. The molecule has 0 aliphatic rings. The second kappa shape index (κ2) is 3.79. The lowest BCUT2D eigenvalue weighted by molar-refractivity contribution is 0.597. The van der Waals surface area contributed by atoms with E-state index in [1.165, 1.54) is 0 Å². The standard InChI is InChI=1S/C9H13NO2S/c1-3-13(11,12)9-6-4-5-8(7-9)10-2/h4-7,10H,3H2,1-2H3. The van der Waals surface area contributed by atoms with Gasteiger partial charge in [0.05, 0.1) is 10.6 Å². The summed E-state index contributed by atoms with van der Waals surface area (Å²) in [6.45, 7) is 1.64. The summed E-state index contributed by atoms with van der Waals surface area (Å²) >= 11 is 0. The Morgan fingerprint density at radius 2 is 2.08 bits per heavy atom. The number of sulfone groups is 1. The molecule has 1 aromatic rings. The van der Waals surface area contributed by atoms with Gasteiger partial charge in [0, 0.05) is 12.7 Å². The first kappa shape index (κ1) is 10.1. The van der Waals surface area contributed by atoms with Gasteiger partial charge >= 0.3 is 0 Å². The van der Waals surface area contributed by atoms with Crippen molar-refractivity contribution < 1.29 is 8.42 Å². The lowest BCUT2D eigenvalue weighted by Crippen LogP contribution is -2.03. The number of nitrogens with one attached hydrogen (secondary N) is 1. The predicted molar refractivity (Wildman–Crippen MR) is 53.7 cm³/mol. The van der Waals surface area contributed by atoms with Gasteiger partial charge in [-0.15, -0.1) is 0 Å². The summed E-state index contributed by atoms with van der Waals surface area (Å²) < 4.78 is 22.9. The summed E-state index contributed by atoms with van der Waals surface area (Å²) in [5.41, 5.74) is 0.814. The van der Waals surface area contributed by atoms with Crippen molar-refractivity contribution in [3.8, 4) is 0 Å². The van der Waals surface area contributed by atoms with Gasteiger partial charge in [0.25, 0.3) is 0 Å². The minimum atomic E-state index is -3.07. The fraction of sp³-hybridized carbons (Fsp3) is 0.333. The molecule has 0 bridgehead atoms. The molecular weight excluding hydrogens is 186 g/mol. The number of anilines is 1. The van der Waals surface area contributed by atoms with Crippen LogP contribution in [0.15, 0.2) is 29.2 Å². The molecule has 0 spiro atoms. The maximum atomic E-state index is 11.4. The van der Waals surface area contributed by atoms with Crippen LogP contribution in [-0.4, -0.2) is 21.2 Å². The molecule has 0 unspecified atom stereocenters. The Kier molecular flexibility index (Phi) is 2.93. The fourth-order valence-corrected chi connectivity index (χ4v) is 1.94. The van der Waals surface area contributed by atoms with E-state index in [-0.39, 0.29) is 5.75 Å². The summed E-state index contributed by atoms with van der Waals surface area (Å²) in [6, 6.07) is 6.81. The summed E-state index contributed by atoms with van der Waals surface area (Å²) in [6.07, 6.45) is 0. The molecule has 0 aliphatic carbocycles. The van der Waals surface area contributed by atoms with E-state index < -0.39 is 9.84 Å². The highest BCUT2D eigenvalue weighted by Crippen LogP contribution is 2.15. The summed E-state index contributed by atoms with van der Waals surface area (Å²) in [4.78, 5) is 0.377. The first-order valence-corrected chi connectivity index (χ1v) is 5.76. The van der Waals surface area contributed by atoms with Gasteiger partial charge in [-0.1, -0.05) is 13.0 Å². The van der Waals surface area contributed by atoms with Gasteiger partial charge in [0.2, 0.25) is 0 Å². The first-order chi connectivity index (χ1) is 6.10. The Hall–Kier alpha value is -1.03. The van der Waals surface area contributed by atoms with Gasteiger partial charge in [-0.25, -0.2) is 8.42 Å². The molecule has 13 heavy (non-hydrogen) atoms. The van der Waals surface area contributed by atoms with Crippen LogP contribution in [-0.2, 0) is 9.84 Å². The van der Waals surface area contributed by atoms with Crippen LogP contribution < -0.4 is 5.32 Å². The smallest absolute Gasteiger partial charge is 0.178 e. The molecule has 0 atom stereocenters. The first-order valence-electron chi connectivity index (χ1n) is 4.10. The summed E-state index contributed by atoms with van der Waals surface area (Å²) in [7, 11) is -1.31. The van der Waals surface area contributed by atoms with Gasteiger partial charge in [-0.05, 0) is 18.2 Å². The van der Waals surface area contributed by atoms with E-state index in [0.29, 0.717) is 4.90 Å². The van der Waals surface area contributed by atoms with Crippen LogP contribution in [0.1, 0.15) is 6.92 Å². The second-order valence-corrected chi connectivity index (χ2v) is 4.96. The molecule has 1 N–H and O–H groups in total. The number of hydrogen-bond donors (Lipinski definition) is 1. The van der Waals surface area contributed by atoms with Crippen molar-refractivity contribution in [3.63, 3.8) is 0 Å². The second-order valence-electron chi connectivity index (χ2n) is 2.68. The average molecular weight is 199 g/mol. The van der Waals surface area contributed by atoms with Crippen LogP contribution in [0.5, 0.6) is 0 Å². The molecule has 0 amide bonds.